The number of rotatable bonds is 5. The maximum atomic E-state index is 12.6. The number of carbonyl (C=O) groups excluding carboxylic acids is 1. The Bertz CT molecular complexity index is 1260. The van der Waals surface area contributed by atoms with Crippen LogP contribution in [-0.4, -0.2) is 25.5 Å². The van der Waals surface area contributed by atoms with Crippen molar-refractivity contribution in [3.05, 3.63) is 72.1 Å². The summed E-state index contributed by atoms with van der Waals surface area (Å²) in [5, 5.41) is 18.8. The Labute approximate surface area is 191 Å². The zero-order valence-corrected chi connectivity index (χ0v) is 19.4. The summed E-state index contributed by atoms with van der Waals surface area (Å²) in [5.41, 5.74) is 0.242. The van der Waals surface area contributed by atoms with E-state index < -0.39 is 16.0 Å². The van der Waals surface area contributed by atoms with E-state index in [2.05, 4.69) is 10.2 Å². The van der Waals surface area contributed by atoms with Crippen LogP contribution in [0.1, 0.15) is 43.6 Å². The highest BCUT2D eigenvalue weighted by Gasteiger charge is 2.26. The van der Waals surface area contributed by atoms with Crippen LogP contribution in [0.5, 0.6) is 0 Å². The fourth-order valence-corrected chi connectivity index (χ4v) is 4.21. The SMILES string of the molecule is CC(=O)c1ccc(Sc2n[nH]c(=O)n2-c2cc(Cl)c(Cl)cc2C(C)(C)C)c([N+](=O)[O-])c1. The van der Waals surface area contributed by atoms with Crippen LogP contribution in [0.15, 0.2) is 45.2 Å². The van der Waals surface area contributed by atoms with Crippen molar-refractivity contribution in [3.8, 4) is 5.69 Å². The maximum absolute atomic E-state index is 12.6. The van der Waals surface area contributed by atoms with E-state index in [0.717, 1.165) is 17.3 Å². The van der Waals surface area contributed by atoms with Crippen molar-refractivity contribution >= 4 is 46.4 Å². The highest BCUT2D eigenvalue weighted by atomic mass is 35.5. The Hall–Kier alpha value is -2.62. The number of carbonyl (C=O) groups is 1. The smallest absolute Gasteiger partial charge is 0.295 e. The minimum atomic E-state index is -0.580. The van der Waals surface area contributed by atoms with Gasteiger partial charge < -0.3 is 0 Å². The Kier molecular flexibility index (Phi) is 6.31. The molecule has 162 valence electrons. The average Bonchev–Trinajstić information content (AvgIpc) is 3.02. The second-order valence-corrected chi connectivity index (χ2v) is 9.60. The van der Waals surface area contributed by atoms with E-state index in [-0.39, 0.29) is 32.1 Å². The lowest BCUT2D eigenvalue weighted by molar-refractivity contribution is -0.387. The van der Waals surface area contributed by atoms with Gasteiger partial charge in [-0.25, -0.2) is 14.5 Å². The summed E-state index contributed by atoms with van der Waals surface area (Å²) in [4.78, 5) is 35.5. The molecule has 8 nitrogen and oxygen atoms in total. The van der Waals surface area contributed by atoms with Crippen molar-refractivity contribution in [2.24, 2.45) is 0 Å². The molecule has 0 bridgehead atoms. The van der Waals surface area contributed by atoms with Crippen LogP contribution in [0.3, 0.4) is 0 Å². The van der Waals surface area contributed by atoms with Crippen LogP contribution in [0.4, 0.5) is 5.69 Å². The minimum absolute atomic E-state index is 0.174. The molecule has 0 saturated carbocycles. The van der Waals surface area contributed by atoms with Crippen LogP contribution < -0.4 is 5.69 Å². The van der Waals surface area contributed by atoms with Gasteiger partial charge in [0.15, 0.2) is 5.78 Å². The molecule has 0 aliphatic heterocycles. The molecular formula is C20H18Cl2N4O4S. The number of aromatic amines is 1. The molecule has 11 heteroatoms. The molecule has 1 heterocycles. The molecular weight excluding hydrogens is 463 g/mol. The third-order valence-corrected chi connectivity index (χ3v) is 6.24. The van der Waals surface area contributed by atoms with Gasteiger partial charge in [0.1, 0.15) is 0 Å². The molecule has 0 aliphatic rings. The molecule has 0 unspecified atom stereocenters. The lowest BCUT2D eigenvalue weighted by Crippen LogP contribution is -2.22. The zero-order valence-electron chi connectivity index (χ0n) is 17.0. The normalized spacial score (nSPS) is 11.5. The van der Waals surface area contributed by atoms with Crippen LogP contribution >= 0.6 is 35.0 Å². The molecule has 0 fully saturated rings. The van der Waals surface area contributed by atoms with Gasteiger partial charge in [-0.1, -0.05) is 44.0 Å². The largest absolute Gasteiger partial charge is 0.348 e. The van der Waals surface area contributed by atoms with Crippen LogP contribution in [0.25, 0.3) is 5.69 Å². The molecule has 1 aromatic heterocycles. The topological polar surface area (TPSA) is 111 Å². The van der Waals surface area contributed by atoms with Crippen molar-refractivity contribution < 1.29 is 9.72 Å². The van der Waals surface area contributed by atoms with Crippen LogP contribution in [0, 0.1) is 10.1 Å². The number of halogens is 2. The number of hydrogen-bond donors (Lipinski definition) is 1. The summed E-state index contributed by atoms with van der Waals surface area (Å²) in [5.74, 6) is -0.290. The summed E-state index contributed by atoms with van der Waals surface area (Å²) < 4.78 is 1.30. The first-order chi connectivity index (χ1) is 14.4. The van der Waals surface area contributed by atoms with Gasteiger partial charge in [-0.2, -0.15) is 0 Å². The third kappa shape index (κ3) is 4.68. The Morgan fingerprint density at radius 1 is 1.19 bits per heavy atom. The Balaban J connectivity index is 2.19. The predicted octanol–water partition coefficient (Wildman–Crippen LogP) is 5.43. The first-order valence-electron chi connectivity index (χ1n) is 9.04. The fraction of sp³-hybridized carbons (Fsp3) is 0.250. The molecule has 2 aromatic carbocycles. The first-order valence-corrected chi connectivity index (χ1v) is 10.6. The van der Waals surface area contributed by atoms with Gasteiger partial charge >= 0.3 is 5.69 Å². The van der Waals surface area contributed by atoms with Crippen molar-refractivity contribution in [1.82, 2.24) is 14.8 Å². The molecule has 0 aliphatic carbocycles. The monoisotopic (exact) mass is 480 g/mol. The molecule has 0 spiro atoms. The fourth-order valence-electron chi connectivity index (χ4n) is 2.95. The summed E-state index contributed by atoms with van der Waals surface area (Å²) in [7, 11) is 0. The highest BCUT2D eigenvalue weighted by Crippen LogP contribution is 2.38. The number of H-pyrrole nitrogens is 1. The number of Topliss-reactive ketones (excluding diaryl/α,β-unsaturated/α-hetero) is 1. The number of nitrogens with zero attached hydrogens (tertiary/aromatic N) is 3. The van der Waals surface area contributed by atoms with E-state index in [4.69, 9.17) is 23.2 Å². The number of nitro groups is 1. The van der Waals surface area contributed by atoms with Gasteiger partial charge in [0, 0.05) is 11.6 Å². The van der Waals surface area contributed by atoms with Gasteiger partial charge in [0.05, 0.1) is 25.6 Å². The zero-order chi connectivity index (χ0) is 23.1. The Morgan fingerprint density at radius 3 is 2.42 bits per heavy atom. The summed E-state index contributed by atoms with van der Waals surface area (Å²) in [6.07, 6.45) is 0. The maximum Gasteiger partial charge on any atom is 0.348 e. The molecule has 0 atom stereocenters. The number of ketones is 1. The molecule has 3 rings (SSSR count). The molecule has 0 radical (unpaired) electrons. The second-order valence-electron chi connectivity index (χ2n) is 7.78. The second kappa shape index (κ2) is 8.49. The Morgan fingerprint density at radius 2 is 1.84 bits per heavy atom. The van der Waals surface area contributed by atoms with E-state index in [1.807, 2.05) is 20.8 Å². The molecule has 3 aromatic rings. The van der Waals surface area contributed by atoms with E-state index in [1.54, 1.807) is 12.1 Å². The quantitative estimate of drug-likeness (QED) is 0.296. The van der Waals surface area contributed by atoms with Crippen molar-refractivity contribution in [2.45, 2.75) is 43.2 Å². The molecule has 31 heavy (non-hydrogen) atoms. The third-order valence-electron chi connectivity index (χ3n) is 4.49. The van der Waals surface area contributed by atoms with E-state index in [9.17, 15) is 19.7 Å². The lowest BCUT2D eigenvalue weighted by atomic mass is 9.85. The van der Waals surface area contributed by atoms with Crippen LogP contribution in [0.2, 0.25) is 10.0 Å². The molecule has 0 saturated heterocycles. The van der Waals surface area contributed by atoms with Gasteiger partial charge in [-0.3, -0.25) is 14.9 Å². The van der Waals surface area contributed by atoms with Gasteiger partial charge in [-0.05, 0) is 53.9 Å². The minimum Gasteiger partial charge on any atom is -0.295 e. The van der Waals surface area contributed by atoms with Crippen molar-refractivity contribution in [2.75, 3.05) is 0 Å². The van der Waals surface area contributed by atoms with Gasteiger partial charge in [0.25, 0.3) is 5.69 Å². The molecule has 0 amide bonds. The number of aromatic nitrogens is 3. The van der Waals surface area contributed by atoms with Crippen molar-refractivity contribution in [3.63, 3.8) is 0 Å². The molecule has 1 N–H and O–H groups in total. The lowest BCUT2D eigenvalue weighted by Gasteiger charge is -2.24. The highest BCUT2D eigenvalue weighted by molar-refractivity contribution is 7.99. The van der Waals surface area contributed by atoms with Gasteiger partial charge in [-0.15, -0.1) is 5.10 Å². The standard InChI is InChI=1S/C20H18Cl2N4O4S/c1-10(27)11-5-6-17(16(7-11)26(29)30)31-19-24-23-18(28)25(19)15-9-14(22)13(21)8-12(15)20(2,3)4/h5-9H,1-4H3,(H,23,28). The predicted molar refractivity (Wildman–Crippen MR) is 120 cm³/mol. The number of nitrogens with one attached hydrogen (secondary N) is 1. The first kappa shape index (κ1) is 23.1. The summed E-state index contributed by atoms with van der Waals surface area (Å²) in [6, 6.07) is 7.42. The summed E-state index contributed by atoms with van der Waals surface area (Å²) >= 11 is 13.4. The van der Waals surface area contributed by atoms with E-state index in [1.165, 1.54) is 29.7 Å². The van der Waals surface area contributed by atoms with Gasteiger partial charge in [0.2, 0.25) is 5.16 Å². The van der Waals surface area contributed by atoms with Crippen molar-refractivity contribution in [1.29, 1.82) is 0 Å². The van der Waals surface area contributed by atoms with E-state index >= 15 is 0 Å². The summed E-state index contributed by atoms with van der Waals surface area (Å²) in [6.45, 7) is 7.20. The number of benzene rings is 2. The van der Waals surface area contributed by atoms with E-state index in [0.29, 0.717) is 10.7 Å². The number of hydrogen-bond acceptors (Lipinski definition) is 6. The van der Waals surface area contributed by atoms with Crippen LogP contribution in [-0.2, 0) is 5.41 Å². The number of nitro benzene ring substituents is 1. The average molecular weight is 481 g/mol.